The molecule has 0 aromatic heterocycles. The third kappa shape index (κ3) is 2.30. The van der Waals surface area contributed by atoms with E-state index in [4.69, 9.17) is 11.6 Å². The molecular formula is C14H16ClN. The van der Waals surface area contributed by atoms with Gasteiger partial charge < -0.3 is 4.90 Å². The van der Waals surface area contributed by atoms with Crippen molar-refractivity contribution in [2.24, 2.45) is 0 Å². The zero-order chi connectivity index (χ0) is 11.4. The molecular weight excluding hydrogens is 218 g/mol. The van der Waals surface area contributed by atoms with Crippen LogP contribution in [0.25, 0.3) is 10.8 Å². The zero-order valence-corrected chi connectivity index (χ0v) is 10.2. The molecule has 0 atom stereocenters. The minimum absolute atomic E-state index is 0.717. The Morgan fingerprint density at radius 3 is 2.62 bits per heavy atom. The van der Waals surface area contributed by atoms with E-state index in [1.54, 1.807) is 0 Å². The Hall–Kier alpha value is -1.21. The Labute approximate surface area is 102 Å². The Morgan fingerprint density at radius 2 is 1.81 bits per heavy atom. The van der Waals surface area contributed by atoms with Crippen molar-refractivity contribution in [3.8, 4) is 0 Å². The molecule has 0 heterocycles. The van der Waals surface area contributed by atoms with Gasteiger partial charge in [-0.1, -0.05) is 36.4 Å². The summed E-state index contributed by atoms with van der Waals surface area (Å²) in [5, 5.41) is 2.60. The second kappa shape index (κ2) is 5.22. The number of benzene rings is 2. The summed E-state index contributed by atoms with van der Waals surface area (Å²) in [4.78, 5) is 2.27. The van der Waals surface area contributed by atoms with Gasteiger partial charge in [0.1, 0.15) is 0 Å². The molecule has 0 fully saturated rings. The topological polar surface area (TPSA) is 3.24 Å². The first-order valence-electron chi connectivity index (χ1n) is 5.58. The van der Waals surface area contributed by atoms with Gasteiger partial charge in [-0.3, -0.25) is 0 Å². The van der Waals surface area contributed by atoms with Crippen LogP contribution in [0.1, 0.15) is 6.42 Å². The minimum atomic E-state index is 0.717. The van der Waals surface area contributed by atoms with Crippen LogP contribution < -0.4 is 4.90 Å². The average Bonchev–Trinajstić information content (AvgIpc) is 2.35. The average molecular weight is 234 g/mol. The molecule has 0 spiro atoms. The molecule has 2 aromatic carbocycles. The highest BCUT2D eigenvalue weighted by molar-refractivity contribution is 6.17. The molecule has 0 radical (unpaired) electrons. The molecule has 0 bridgehead atoms. The standard InChI is InChI=1S/C14H16ClN/c1-16(11-5-10-15)14-9-4-7-12-6-2-3-8-13(12)14/h2-4,6-9H,5,10-11H2,1H3. The molecule has 16 heavy (non-hydrogen) atoms. The summed E-state index contributed by atoms with van der Waals surface area (Å²) in [6.07, 6.45) is 1.02. The molecule has 0 N–H and O–H groups in total. The number of halogens is 1. The van der Waals surface area contributed by atoms with Gasteiger partial charge in [0, 0.05) is 30.5 Å². The Bertz CT molecular complexity index is 462. The van der Waals surface area contributed by atoms with Gasteiger partial charge in [0.25, 0.3) is 0 Å². The van der Waals surface area contributed by atoms with Crippen LogP contribution in [0.5, 0.6) is 0 Å². The lowest BCUT2D eigenvalue weighted by Gasteiger charge is -2.20. The number of anilines is 1. The molecule has 0 saturated carbocycles. The molecule has 84 valence electrons. The Morgan fingerprint density at radius 1 is 1.06 bits per heavy atom. The fraction of sp³-hybridized carbons (Fsp3) is 0.286. The van der Waals surface area contributed by atoms with Crippen LogP contribution >= 0.6 is 11.6 Å². The highest BCUT2D eigenvalue weighted by Crippen LogP contribution is 2.25. The van der Waals surface area contributed by atoms with E-state index in [-0.39, 0.29) is 0 Å². The van der Waals surface area contributed by atoms with Crippen LogP contribution in [0.15, 0.2) is 42.5 Å². The van der Waals surface area contributed by atoms with E-state index in [0.717, 1.165) is 18.8 Å². The summed E-state index contributed by atoms with van der Waals surface area (Å²) in [6, 6.07) is 14.9. The first kappa shape index (κ1) is 11.3. The molecule has 0 aliphatic heterocycles. The van der Waals surface area contributed by atoms with Crippen LogP contribution in [0.4, 0.5) is 5.69 Å². The molecule has 2 heteroatoms. The summed E-state index contributed by atoms with van der Waals surface area (Å²) in [5.74, 6) is 0.717. The van der Waals surface area contributed by atoms with Crippen molar-refractivity contribution < 1.29 is 0 Å². The summed E-state index contributed by atoms with van der Waals surface area (Å²) < 4.78 is 0. The fourth-order valence-corrected chi connectivity index (χ4v) is 2.08. The van der Waals surface area contributed by atoms with Gasteiger partial charge in [-0.25, -0.2) is 0 Å². The number of nitrogens with zero attached hydrogens (tertiary/aromatic N) is 1. The quantitative estimate of drug-likeness (QED) is 0.724. The zero-order valence-electron chi connectivity index (χ0n) is 9.49. The van der Waals surface area contributed by atoms with Crippen molar-refractivity contribution in [2.45, 2.75) is 6.42 Å². The highest BCUT2D eigenvalue weighted by Gasteiger charge is 2.04. The lowest BCUT2D eigenvalue weighted by Crippen LogP contribution is -2.18. The highest BCUT2D eigenvalue weighted by atomic mass is 35.5. The lowest BCUT2D eigenvalue weighted by atomic mass is 10.1. The number of hydrogen-bond acceptors (Lipinski definition) is 1. The van der Waals surface area contributed by atoms with Crippen molar-refractivity contribution in [1.82, 2.24) is 0 Å². The van der Waals surface area contributed by atoms with Crippen molar-refractivity contribution in [3.63, 3.8) is 0 Å². The monoisotopic (exact) mass is 233 g/mol. The summed E-state index contributed by atoms with van der Waals surface area (Å²) in [5.41, 5.74) is 1.28. The van der Waals surface area contributed by atoms with Gasteiger partial charge in [0.05, 0.1) is 0 Å². The van der Waals surface area contributed by atoms with Gasteiger partial charge in [0.2, 0.25) is 0 Å². The Kier molecular flexibility index (Phi) is 3.68. The summed E-state index contributed by atoms with van der Waals surface area (Å²) in [6.45, 7) is 0.998. The maximum absolute atomic E-state index is 5.72. The molecule has 0 amide bonds. The van der Waals surface area contributed by atoms with E-state index < -0.39 is 0 Å². The van der Waals surface area contributed by atoms with Crippen LogP contribution in [-0.2, 0) is 0 Å². The molecule has 2 aromatic rings. The van der Waals surface area contributed by atoms with Gasteiger partial charge >= 0.3 is 0 Å². The van der Waals surface area contributed by atoms with E-state index >= 15 is 0 Å². The molecule has 0 aliphatic carbocycles. The molecule has 0 aliphatic rings. The van der Waals surface area contributed by atoms with Gasteiger partial charge in [-0.2, -0.15) is 0 Å². The van der Waals surface area contributed by atoms with E-state index in [9.17, 15) is 0 Å². The number of fused-ring (bicyclic) bond motifs is 1. The third-order valence-corrected chi connectivity index (χ3v) is 3.07. The van der Waals surface area contributed by atoms with Crippen LogP contribution in [0, 0.1) is 0 Å². The lowest BCUT2D eigenvalue weighted by molar-refractivity contribution is 0.860. The molecule has 2 rings (SSSR count). The van der Waals surface area contributed by atoms with Crippen LogP contribution in [-0.4, -0.2) is 19.5 Å². The number of alkyl halides is 1. The van der Waals surface area contributed by atoms with E-state index in [2.05, 4.69) is 54.4 Å². The van der Waals surface area contributed by atoms with Crippen molar-refractivity contribution >= 4 is 28.1 Å². The summed E-state index contributed by atoms with van der Waals surface area (Å²) in [7, 11) is 2.12. The second-order valence-corrected chi connectivity index (χ2v) is 4.34. The maximum Gasteiger partial charge on any atom is 0.0443 e. The van der Waals surface area contributed by atoms with Crippen molar-refractivity contribution in [1.29, 1.82) is 0 Å². The fourth-order valence-electron chi connectivity index (χ4n) is 1.96. The SMILES string of the molecule is CN(CCCCl)c1cccc2ccccc12. The molecule has 0 unspecified atom stereocenters. The normalized spacial score (nSPS) is 10.6. The Balaban J connectivity index is 2.36. The van der Waals surface area contributed by atoms with Crippen LogP contribution in [0.2, 0.25) is 0 Å². The largest absolute Gasteiger partial charge is 0.374 e. The smallest absolute Gasteiger partial charge is 0.0443 e. The van der Waals surface area contributed by atoms with E-state index in [1.165, 1.54) is 16.5 Å². The predicted octanol–water partition coefficient (Wildman–Crippen LogP) is 3.90. The number of hydrogen-bond donors (Lipinski definition) is 0. The van der Waals surface area contributed by atoms with Gasteiger partial charge in [-0.05, 0) is 17.9 Å². The first-order valence-corrected chi connectivity index (χ1v) is 6.11. The molecule has 1 nitrogen and oxygen atoms in total. The molecule has 0 saturated heterocycles. The summed E-state index contributed by atoms with van der Waals surface area (Å²) >= 11 is 5.72. The second-order valence-electron chi connectivity index (χ2n) is 3.96. The van der Waals surface area contributed by atoms with E-state index in [0.29, 0.717) is 0 Å². The maximum atomic E-state index is 5.72. The predicted molar refractivity (Wildman–Crippen MR) is 72.6 cm³/mol. The van der Waals surface area contributed by atoms with Gasteiger partial charge in [-0.15, -0.1) is 11.6 Å². The van der Waals surface area contributed by atoms with Crippen molar-refractivity contribution in [3.05, 3.63) is 42.5 Å². The van der Waals surface area contributed by atoms with Gasteiger partial charge in [0.15, 0.2) is 0 Å². The van der Waals surface area contributed by atoms with E-state index in [1.807, 2.05) is 0 Å². The first-order chi connectivity index (χ1) is 7.83. The number of rotatable bonds is 4. The third-order valence-electron chi connectivity index (χ3n) is 2.81. The van der Waals surface area contributed by atoms with Crippen molar-refractivity contribution in [2.75, 3.05) is 24.4 Å². The minimum Gasteiger partial charge on any atom is -0.374 e. The van der Waals surface area contributed by atoms with Crippen LogP contribution in [0.3, 0.4) is 0 Å².